The average molecular weight is 464 g/mol. The van der Waals surface area contributed by atoms with Crippen LogP contribution in [-0.4, -0.2) is 10.9 Å². The van der Waals surface area contributed by atoms with E-state index in [2.05, 4.69) is 15.6 Å². The number of anilines is 2. The number of aryl methyl sites for hydroxylation is 1. The summed E-state index contributed by atoms with van der Waals surface area (Å²) in [5.41, 5.74) is 3.30. The molecular formula is C25H22ClN3O2S. The van der Waals surface area contributed by atoms with Crippen LogP contribution in [0, 0.1) is 0 Å². The Hall–Kier alpha value is -3.09. The minimum absolute atomic E-state index is 0.259. The quantitative estimate of drug-likeness (QED) is 0.333. The summed E-state index contributed by atoms with van der Waals surface area (Å²) in [5.74, 6) is 0.774. The van der Waals surface area contributed by atoms with Crippen molar-refractivity contribution in [3.8, 4) is 0 Å². The van der Waals surface area contributed by atoms with Crippen LogP contribution in [0.3, 0.4) is 0 Å². The van der Waals surface area contributed by atoms with E-state index < -0.39 is 0 Å². The second-order valence-electron chi connectivity index (χ2n) is 7.70. The summed E-state index contributed by atoms with van der Waals surface area (Å²) in [4.78, 5) is 18.7. The van der Waals surface area contributed by atoms with Crippen molar-refractivity contribution < 1.29 is 9.21 Å². The summed E-state index contributed by atoms with van der Waals surface area (Å²) >= 11 is 8.32. The third-order valence-electron chi connectivity index (χ3n) is 5.65. The van der Waals surface area contributed by atoms with Gasteiger partial charge in [0.05, 0.1) is 12.3 Å². The van der Waals surface area contributed by atoms with Gasteiger partial charge < -0.3 is 15.1 Å². The van der Waals surface area contributed by atoms with Crippen molar-refractivity contribution in [1.29, 1.82) is 0 Å². The summed E-state index contributed by atoms with van der Waals surface area (Å²) in [6.07, 6.45) is 7.54. The molecule has 5 rings (SSSR count). The zero-order chi connectivity index (χ0) is 21.9. The molecule has 1 aromatic carbocycles. The average Bonchev–Trinajstić information content (AvgIpc) is 3.47. The number of rotatable bonds is 6. The Morgan fingerprint density at radius 2 is 1.91 bits per heavy atom. The Morgan fingerprint density at radius 3 is 2.69 bits per heavy atom. The second kappa shape index (κ2) is 9.18. The molecule has 2 N–H and O–H groups in total. The van der Waals surface area contributed by atoms with Gasteiger partial charge in [-0.25, -0.2) is 4.98 Å². The first-order chi connectivity index (χ1) is 15.7. The van der Waals surface area contributed by atoms with Gasteiger partial charge in [-0.05, 0) is 67.1 Å². The van der Waals surface area contributed by atoms with Crippen LogP contribution in [0.5, 0.6) is 0 Å². The van der Waals surface area contributed by atoms with E-state index in [1.807, 2.05) is 42.5 Å². The van der Waals surface area contributed by atoms with Gasteiger partial charge in [0, 0.05) is 21.7 Å². The molecular weight excluding hydrogens is 442 g/mol. The van der Waals surface area contributed by atoms with E-state index in [9.17, 15) is 4.79 Å². The van der Waals surface area contributed by atoms with Crippen molar-refractivity contribution in [3.63, 3.8) is 0 Å². The van der Waals surface area contributed by atoms with Crippen LogP contribution in [-0.2, 0) is 12.8 Å². The molecule has 0 aliphatic heterocycles. The smallest absolute Gasteiger partial charge is 0.291 e. The number of nitrogens with one attached hydrogen (secondary N) is 2. The molecule has 0 saturated carbocycles. The molecule has 3 aromatic heterocycles. The summed E-state index contributed by atoms with van der Waals surface area (Å²) in [6.45, 7) is 0. The lowest BCUT2D eigenvalue weighted by Crippen LogP contribution is -2.19. The fraction of sp³-hybridized carbons (Fsp3) is 0.200. The van der Waals surface area contributed by atoms with Crippen LogP contribution in [0.1, 0.15) is 51.0 Å². The van der Waals surface area contributed by atoms with Gasteiger partial charge in [0.15, 0.2) is 5.76 Å². The largest absolute Gasteiger partial charge is 0.459 e. The third-order valence-corrected chi connectivity index (χ3v) is 7.21. The number of amides is 1. The second-order valence-corrected chi connectivity index (χ2v) is 9.21. The third kappa shape index (κ3) is 4.16. The van der Waals surface area contributed by atoms with Gasteiger partial charge in [0.2, 0.25) is 0 Å². The molecule has 5 nitrogen and oxygen atoms in total. The van der Waals surface area contributed by atoms with Crippen LogP contribution in [0.15, 0.2) is 71.5 Å². The maximum Gasteiger partial charge on any atom is 0.291 e. The van der Waals surface area contributed by atoms with Gasteiger partial charge in [-0.3, -0.25) is 4.79 Å². The summed E-state index contributed by atoms with van der Waals surface area (Å²) < 4.78 is 5.32. The van der Waals surface area contributed by atoms with Crippen LogP contribution < -0.4 is 10.6 Å². The molecule has 1 aliphatic rings. The molecule has 0 bridgehead atoms. The van der Waals surface area contributed by atoms with Crippen LogP contribution in [0.2, 0.25) is 5.02 Å². The molecule has 32 heavy (non-hydrogen) atoms. The van der Waals surface area contributed by atoms with Crippen molar-refractivity contribution in [2.24, 2.45) is 0 Å². The number of thiophene rings is 1. The molecule has 0 radical (unpaired) electrons. The number of benzene rings is 1. The molecule has 4 aromatic rings. The van der Waals surface area contributed by atoms with Gasteiger partial charge in [-0.15, -0.1) is 11.3 Å². The van der Waals surface area contributed by atoms with E-state index >= 15 is 0 Å². The first-order valence-corrected chi connectivity index (χ1v) is 11.8. The van der Waals surface area contributed by atoms with E-state index in [1.165, 1.54) is 16.7 Å². The van der Waals surface area contributed by atoms with Gasteiger partial charge >= 0.3 is 0 Å². The lowest BCUT2D eigenvalue weighted by atomic mass is 9.89. The number of halogens is 1. The summed E-state index contributed by atoms with van der Waals surface area (Å²) in [7, 11) is 0. The predicted octanol–water partition coefficient (Wildman–Crippen LogP) is 6.72. The Morgan fingerprint density at radius 1 is 1.06 bits per heavy atom. The van der Waals surface area contributed by atoms with Gasteiger partial charge in [0.1, 0.15) is 10.8 Å². The molecule has 1 aliphatic carbocycles. The fourth-order valence-corrected chi connectivity index (χ4v) is 5.74. The maximum atomic E-state index is 12.9. The Bertz CT molecular complexity index is 1220. The zero-order valence-corrected chi connectivity index (χ0v) is 18.9. The minimum atomic E-state index is -0.261. The number of carbonyl (C=O) groups is 1. The van der Waals surface area contributed by atoms with Gasteiger partial charge in [0.25, 0.3) is 5.91 Å². The van der Waals surface area contributed by atoms with Gasteiger partial charge in [-0.2, -0.15) is 0 Å². The normalized spacial score (nSPS) is 13.9. The van der Waals surface area contributed by atoms with Crippen molar-refractivity contribution >= 4 is 39.7 Å². The Labute approximate surface area is 195 Å². The van der Waals surface area contributed by atoms with Crippen molar-refractivity contribution in [1.82, 2.24) is 4.98 Å². The number of fused-ring (bicyclic) bond motifs is 1. The number of pyridine rings is 1. The number of aromatic nitrogens is 1. The highest BCUT2D eigenvalue weighted by Gasteiger charge is 2.30. The number of furan rings is 1. The first kappa shape index (κ1) is 20.8. The molecule has 0 fully saturated rings. The van der Waals surface area contributed by atoms with Crippen LogP contribution in [0.25, 0.3) is 0 Å². The SMILES string of the molecule is O=C(Nc1sc2c(c1[C@@H](Nc1ccccn1)c1ccccc1Cl)CCCC2)c1ccco1. The zero-order valence-electron chi connectivity index (χ0n) is 17.3. The maximum absolute atomic E-state index is 12.9. The number of carbonyl (C=O) groups excluding carboxylic acids is 1. The van der Waals surface area contributed by atoms with Crippen molar-refractivity contribution in [3.05, 3.63) is 99.4 Å². The standard InChI is InChI=1S/C25H22ClN3O2S/c26-18-10-3-1-8-16(18)23(28-21-13-5-6-14-27-21)22-17-9-2-4-12-20(17)32-25(22)29-24(30)19-11-7-15-31-19/h1,3,5-8,10-11,13-15,23H,2,4,9,12H2,(H,27,28)(H,29,30)/t23-/m0/s1. The van der Waals surface area contributed by atoms with Crippen LogP contribution >= 0.6 is 22.9 Å². The van der Waals surface area contributed by atoms with Crippen molar-refractivity contribution in [2.75, 3.05) is 10.6 Å². The summed E-state index contributed by atoms with van der Waals surface area (Å²) in [6, 6.07) is 16.7. The Kier molecular flexibility index (Phi) is 5.97. The fourth-order valence-electron chi connectivity index (χ4n) is 4.17. The molecule has 7 heteroatoms. The molecule has 0 spiro atoms. The summed E-state index contributed by atoms with van der Waals surface area (Å²) in [5, 5.41) is 8.17. The topological polar surface area (TPSA) is 67.2 Å². The Balaban J connectivity index is 1.63. The number of hydrogen-bond donors (Lipinski definition) is 2. The lowest BCUT2D eigenvalue weighted by Gasteiger charge is -2.24. The number of hydrogen-bond acceptors (Lipinski definition) is 5. The monoisotopic (exact) mass is 463 g/mol. The van der Waals surface area contributed by atoms with E-state index in [4.69, 9.17) is 16.0 Å². The molecule has 0 unspecified atom stereocenters. The van der Waals surface area contributed by atoms with Crippen LogP contribution in [0.4, 0.5) is 10.8 Å². The highest BCUT2D eigenvalue weighted by atomic mass is 35.5. The van der Waals surface area contributed by atoms with E-state index in [-0.39, 0.29) is 17.7 Å². The molecule has 3 heterocycles. The lowest BCUT2D eigenvalue weighted by molar-refractivity contribution is 0.0997. The van der Waals surface area contributed by atoms with E-state index in [0.717, 1.165) is 47.6 Å². The first-order valence-electron chi connectivity index (χ1n) is 10.6. The highest BCUT2D eigenvalue weighted by Crippen LogP contribution is 2.45. The molecule has 1 atom stereocenters. The van der Waals surface area contributed by atoms with Crippen molar-refractivity contribution in [2.45, 2.75) is 31.7 Å². The molecule has 162 valence electrons. The predicted molar refractivity (Wildman–Crippen MR) is 129 cm³/mol. The minimum Gasteiger partial charge on any atom is -0.459 e. The van der Waals surface area contributed by atoms with E-state index in [0.29, 0.717) is 5.02 Å². The van der Waals surface area contributed by atoms with E-state index in [1.54, 1.807) is 29.7 Å². The molecule has 0 saturated heterocycles. The highest BCUT2D eigenvalue weighted by molar-refractivity contribution is 7.16. The molecule has 1 amide bonds. The van der Waals surface area contributed by atoms with Gasteiger partial charge in [-0.1, -0.05) is 35.9 Å². The number of nitrogens with zero attached hydrogens (tertiary/aromatic N) is 1.